The van der Waals surface area contributed by atoms with E-state index in [-0.39, 0.29) is 4.90 Å². The van der Waals surface area contributed by atoms with Crippen LogP contribution in [0.3, 0.4) is 0 Å². The average molecular weight is 424 g/mol. The van der Waals surface area contributed by atoms with Crippen molar-refractivity contribution in [3.8, 4) is 0 Å². The zero-order valence-electron chi connectivity index (χ0n) is 14.9. The third-order valence-electron chi connectivity index (χ3n) is 4.30. The quantitative estimate of drug-likeness (QED) is 0.638. The zero-order chi connectivity index (χ0) is 19.3. The van der Waals surface area contributed by atoms with E-state index in [0.29, 0.717) is 37.0 Å². The first-order chi connectivity index (χ1) is 12.9. The molecule has 8 heteroatoms. The molecule has 3 rings (SSSR count). The molecule has 0 atom stereocenters. The second-order valence-corrected chi connectivity index (χ2v) is 9.77. The van der Waals surface area contributed by atoms with Gasteiger partial charge in [-0.1, -0.05) is 48.5 Å². The maximum Gasteiger partial charge on any atom is 0.244 e. The number of hydrogen-bond donors (Lipinski definition) is 0. The number of rotatable bonds is 7. The highest BCUT2D eigenvalue weighted by atomic mass is 35.5. The van der Waals surface area contributed by atoms with Crippen molar-refractivity contribution >= 4 is 33.4 Å². The Morgan fingerprint density at radius 1 is 1.11 bits per heavy atom. The van der Waals surface area contributed by atoms with Gasteiger partial charge in [0.05, 0.1) is 5.03 Å². The second-order valence-electron chi connectivity index (χ2n) is 6.30. The number of piperazine rings is 1. The molecule has 2 aromatic rings. The van der Waals surface area contributed by atoms with Gasteiger partial charge in [0.2, 0.25) is 10.0 Å². The molecule has 1 saturated heterocycles. The van der Waals surface area contributed by atoms with E-state index in [1.54, 1.807) is 16.4 Å². The van der Waals surface area contributed by atoms with Crippen molar-refractivity contribution < 1.29 is 8.42 Å². The van der Waals surface area contributed by atoms with Crippen LogP contribution in [0.1, 0.15) is 5.56 Å². The van der Waals surface area contributed by atoms with Crippen molar-refractivity contribution in [1.82, 2.24) is 14.2 Å². The van der Waals surface area contributed by atoms with Crippen LogP contribution in [0.2, 0.25) is 0 Å². The molecule has 5 nitrogen and oxygen atoms in total. The van der Waals surface area contributed by atoms with Gasteiger partial charge in [0.1, 0.15) is 4.90 Å². The van der Waals surface area contributed by atoms with Gasteiger partial charge in [-0.15, -0.1) is 11.8 Å². The first-order valence-corrected chi connectivity index (χ1v) is 11.4. The highest BCUT2D eigenvalue weighted by Crippen LogP contribution is 2.22. The number of nitrogens with zero attached hydrogens (tertiary/aromatic N) is 3. The van der Waals surface area contributed by atoms with Crippen molar-refractivity contribution in [3.05, 3.63) is 65.8 Å². The highest BCUT2D eigenvalue weighted by Gasteiger charge is 2.28. The van der Waals surface area contributed by atoms with Gasteiger partial charge in [-0.25, -0.2) is 13.4 Å². The SMILES string of the molecule is C=C(Cl)CSc1ccc(S(=O)(=O)N2CCN(Cc3ccccc3)CC2)cn1. The first-order valence-electron chi connectivity index (χ1n) is 8.64. The standard InChI is InChI=1S/C19H22ClN3O2S2/c1-16(20)15-26-19-8-7-18(13-21-19)27(24,25)23-11-9-22(10-12-23)14-17-5-3-2-4-6-17/h2-8,13H,1,9-12,14-15H2. The van der Waals surface area contributed by atoms with E-state index in [1.807, 2.05) is 18.2 Å². The van der Waals surface area contributed by atoms with Gasteiger partial charge in [0.25, 0.3) is 0 Å². The summed E-state index contributed by atoms with van der Waals surface area (Å²) in [6.45, 7) is 6.87. The number of hydrogen-bond acceptors (Lipinski definition) is 5. The van der Waals surface area contributed by atoms with Gasteiger partial charge in [-0.2, -0.15) is 4.31 Å². The summed E-state index contributed by atoms with van der Waals surface area (Å²) in [7, 11) is -3.52. The molecule has 1 aliphatic rings. The fourth-order valence-electron chi connectivity index (χ4n) is 2.88. The molecule has 0 unspecified atom stereocenters. The zero-order valence-corrected chi connectivity index (χ0v) is 17.3. The molecule has 144 valence electrons. The molecule has 1 aromatic carbocycles. The van der Waals surface area contributed by atoms with Crippen LogP contribution in [0.25, 0.3) is 0 Å². The molecule has 27 heavy (non-hydrogen) atoms. The van der Waals surface area contributed by atoms with Crippen molar-refractivity contribution in [2.45, 2.75) is 16.5 Å². The van der Waals surface area contributed by atoms with Crippen molar-refractivity contribution in [2.24, 2.45) is 0 Å². The number of thioether (sulfide) groups is 1. The normalized spacial score (nSPS) is 16.3. The Kier molecular flexibility index (Phi) is 6.94. The number of aromatic nitrogens is 1. The monoisotopic (exact) mass is 423 g/mol. The van der Waals surface area contributed by atoms with E-state index in [0.717, 1.165) is 11.6 Å². The lowest BCUT2D eigenvalue weighted by Crippen LogP contribution is -2.48. The maximum atomic E-state index is 12.9. The largest absolute Gasteiger partial charge is 0.296 e. The third kappa shape index (κ3) is 5.56. The van der Waals surface area contributed by atoms with Crippen molar-refractivity contribution in [2.75, 3.05) is 31.9 Å². The Labute approximate surface area is 170 Å². The number of pyridine rings is 1. The molecule has 0 saturated carbocycles. The van der Waals surface area contributed by atoms with Gasteiger partial charge in [0, 0.05) is 49.7 Å². The van der Waals surface area contributed by atoms with Crippen molar-refractivity contribution in [1.29, 1.82) is 0 Å². The Hall–Kier alpha value is -1.38. The van der Waals surface area contributed by atoms with Crippen LogP contribution in [0.15, 0.2) is 70.2 Å². The van der Waals surface area contributed by atoms with Crippen molar-refractivity contribution in [3.63, 3.8) is 0 Å². The Bertz CT molecular complexity index is 866. The second kappa shape index (κ2) is 9.21. The predicted octanol–water partition coefficient (Wildman–Crippen LogP) is 3.43. The third-order valence-corrected chi connectivity index (χ3v) is 7.51. The summed E-state index contributed by atoms with van der Waals surface area (Å²) >= 11 is 7.17. The average Bonchev–Trinajstić information content (AvgIpc) is 2.68. The Morgan fingerprint density at radius 2 is 1.81 bits per heavy atom. The molecule has 2 heterocycles. The molecular formula is C19H22ClN3O2S2. The summed E-state index contributed by atoms with van der Waals surface area (Å²) in [5.74, 6) is 0.546. The summed E-state index contributed by atoms with van der Waals surface area (Å²) < 4.78 is 27.3. The number of benzene rings is 1. The van der Waals surface area contributed by atoms with Crippen LogP contribution >= 0.6 is 23.4 Å². The lowest BCUT2D eigenvalue weighted by atomic mass is 10.2. The summed E-state index contributed by atoms with van der Waals surface area (Å²) in [5, 5.41) is 1.26. The van der Waals surface area contributed by atoms with E-state index in [4.69, 9.17) is 11.6 Å². The highest BCUT2D eigenvalue weighted by molar-refractivity contribution is 7.99. The topological polar surface area (TPSA) is 53.5 Å². The fourth-order valence-corrected chi connectivity index (χ4v) is 5.00. The van der Waals surface area contributed by atoms with Crippen LogP contribution in [0.5, 0.6) is 0 Å². The minimum Gasteiger partial charge on any atom is -0.296 e. The van der Waals surface area contributed by atoms with Gasteiger partial charge in [-0.05, 0) is 17.7 Å². The number of halogens is 1. The van der Waals surface area contributed by atoms with E-state index >= 15 is 0 Å². The van der Waals surface area contributed by atoms with E-state index < -0.39 is 10.0 Å². The van der Waals surface area contributed by atoms with E-state index in [1.165, 1.54) is 23.5 Å². The molecule has 1 aromatic heterocycles. The molecule has 0 bridgehead atoms. The van der Waals surface area contributed by atoms with Crippen LogP contribution in [0, 0.1) is 0 Å². The number of sulfonamides is 1. The first kappa shape index (κ1) is 20.4. The molecule has 1 aliphatic heterocycles. The van der Waals surface area contributed by atoms with Gasteiger partial charge < -0.3 is 0 Å². The molecular weight excluding hydrogens is 402 g/mol. The summed E-state index contributed by atoms with van der Waals surface area (Å²) in [5.41, 5.74) is 1.24. The Morgan fingerprint density at radius 3 is 2.41 bits per heavy atom. The molecule has 0 aliphatic carbocycles. The van der Waals surface area contributed by atoms with E-state index in [9.17, 15) is 8.42 Å². The minimum absolute atomic E-state index is 0.230. The van der Waals surface area contributed by atoms with Gasteiger partial charge in [-0.3, -0.25) is 4.90 Å². The van der Waals surface area contributed by atoms with E-state index in [2.05, 4.69) is 28.6 Å². The minimum atomic E-state index is -3.52. The Balaban J connectivity index is 1.58. The van der Waals surface area contributed by atoms with Gasteiger partial charge >= 0.3 is 0 Å². The summed E-state index contributed by atoms with van der Waals surface area (Å²) in [6.07, 6.45) is 1.42. The fraction of sp³-hybridized carbons (Fsp3) is 0.316. The lowest BCUT2D eigenvalue weighted by Gasteiger charge is -2.33. The molecule has 0 spiro atoms. The molecule has 1 fully saturated rings. The van der Waals surface area contributed by atoms with Gasteiger partial charge in [0.15, 0.2) is 0 Å². The molecule has 0 radical (unpaired) electrons. The van der Waals surface area contributed by atoms with Crippen LogP contribution < -0.4 is 0 Å². The smallest absolute Gasteiger partial charge is 0.244 e. The summed E-state index contributed by atoms with van der Waals surface area (Å²) in [6, 6.07) is 13.5. The summed E-state index contributed by atoms with van der Waals surface area (Å²) in [4.78, 5) is 6.74. The predicted molar refractivity (Wildman–Crippen MR) is 110 cm³/mol. The lowest BCUT2D eigenvalue weighted by molar-refractivity contribution is 0.181. The maximum absolute atomic E-state index is 12.9. The van der Waals surface area contributed by atoms with Crippen LogP contribution in [-0.4, -0.2) is 54.5 Å². The van der Waals surface area contributed by atoms with Crippen LogP contribution in [-0.2, 0) is 16.6 Å². The molecule has 0 N–H and O–H groups in total. The molecule has 0 amide bonds. The van der Waals surface area contributed by atoms with Crippen LogP contribution in [0.4, 0.5) is 0 Å².